The fourth-order valence-electron chi connectivity index (χ4n) is 4.32. The molecular formula is C20H21N2S+. The molecule has 116 valence electrons. The van der Waals surface area contributed by atoms with E-state index in [1.807, 2.05) is 11.3 Å². The molecule has 23 heavy (non-hydrogen) atoms. The molecule has 2 aliphatic carbocycles. The zero-order valence-corrected chi connectivity index (χ0v) is 14.1. The summed E-state index contributed by atoms with van der Waals surface area (Å²) in [5.41, 5.74) is 14.7. The summed E-state index contributed by atoms with van der Waals surface area (Å²) in [6.45, 7) is 0. The molecule has 0 spiro atoms. The van der Waals surface area contributed by atoms with Crippen LogP contribution in [0.15, 0.2) is 24.3 Å². The highest BCUT2D eigenvalue weighted by Crippen LogP contribution is 2.42. The monoisotopic (exact) mass is 321 g/mol. The van der Waals surface area contributed by atoms with Gasteiger partial charge in [-0.15, -0.1) is 0 Å². The van der Waals surface area contributed by atoms with Crippen LogP contribution in [0.4, 0.5) is 5.69 Å². The van der Waals surface area contributed by atoms with Crippen LogP contribution in [0.25, 0.3) is 21.5 Å². The first-order valence-electron chi connectivity index (χ1n) is 8.69. The molecule has 0 radical (unpaired) electrons. The van der Waals surface area contributed by atoms with Gasteiger partial charge in [0, 0.05) is 16.0 Å². The van der Waals surface area contributed by atoms with Crippen LogP contribution in [-0.4, -0.2) is 0 Å². The Morgan fingerprint density at radius 2 is 1.78 bits per heavy atom. The van der Waals surface area contributed by atoms with E-state index in [-0.39, 0.29) is 0 Å². The van der Waals surface area contributed by atoms with Gasteiger partial charge < -0.3 is 5.73 Å². The van der Waals surface area contributed by atoms with Gasteiger partial charge in [0.05, 0.1) is 11.1 Å². The van der Waals surface area contributed by atoms with E-state index in [1.165, 1.54) is 70.3 Å². The highest BCUT2D eigenvalue weighted by atomic mass is 32.1. The van der Waals surface area contributed by atoms with Gasteiger partial charge >= 0.3 is 0 Å². The molecule has 0 bridgehead atoms. The van der Waals surface area contributed by atoms with Gasteiger partial charge in [-0.2, -0.15) is 4.98 Å². The minimum Gasteiger partial charge on any atom is -0.398 e. The fourth-order valence-corrected chi connectivity index (χ4v) is 5.63. The van der Waals surface area contributed by atoms with Gasteiger partial charge in [-0.1, -0.05) is 36.0 Å². The topological polar surface area (TPSA) is 40.2 Å². The van der Waals surface area contributed by atoms with Gasteiger partial charge in [-0.3, -0.25) is 0 Å². The predicted molar refractivity (Wildman–Crippen MR) is 96.9 cm³/mol. The normalized spacial score (nSPS) is 16.5. The van der Waals surface area contributed by atoms with Gasteiger partial charge in [0.2, 0.25) is 5.69 Å². The zero-order valence-electron chi connectivity index (χ0n) is 13.2. The summed E-state index contributed by atoms with van der Waals surface area (Å²) in [5.74, 6) is 0. The van der Waals surface area contributed by atoms with Crippen LogP contribution in [0.3, 0.4) is 0 Å². The van der Waals surface area contributed by atoms with Crippen molar-refractivity contribution in [3.8, 4) is 11.3 Å². The van der Waals surface area contributed by atoms with Crippen LogP contribution in [0, 0.1) is 0 Å². The molecule has 0 saturated carbocycles. The number of hydrogen-bond donors (Lipinski definition) is 1. The summed E-state index contributed by atoms with van der Waals surface area (Å²) in [7, 11) is 0. The van der Waals surface area contributed by atoms with Crippen LogP contribution < -0.4 is 10.7 Å². The summed E-state index contributed by atoms with van der Waals surface area (Å²) in [6.07, 6.45) is 8.55. The quantitative estimate of drug-likeness (QED) is 0.615. The highest BCUT2D eigenvalue weighted by Gasteiger charge is 2.29. The lowest BCUT2D eigenvalue weighted by molar-refractivity contribution is -0.328. The molecular weight excluding hydrogens is 300 g/mol. The highest BCUT2D eigenvalue weighted by molar-refractivity contribution is 7.18. The number of pyridine rings is 1. The number of nitrogen functional groups attached to an aromatic ring is 1. The van der Waals surface area contributed by atoms with E-state index in [9.17, 15) is 0 Å². The van der Waals surface area contributed by atoms with E-state index in [2.05, 4.69) is 29.2 Å². The lowest BCUT2D eigenvalue weighted by atomic mass is 9.87. The first-order chi connectivity index (χ1) is 11.3. The largest absolute Gasteiger partial charge is 0.398 e. The number of aromatic amines is 1. The Kier molecular flexibility index (Phi) is 2.99. The van der Waals surface area contributed by atoms with Crippen LogP contribution in [-0.2, 0) is 25.7 Å². The van der Waals surface area contributed by atoms with E-state index < -0.39 is 0 Å². The van der Waals surface area contributed by atoms with E-state index in [1.54, 1.807) is 4.88 Å². The number of fused-ring (bicyclic) bond motifs is 6. The summed E-state index contributed by atoms with van der Waals surface area (Å²) >= 11 is 1.94. The second-order valence-corrected chi connectivity index (χ2v) is 7.92. The zero-order chi connectivity index (χ0) is 15.4. The van der Waals surface area contributed by atoms with E-state index in [4.69, 9.17) is 5.73 Å². The molecule has 0 saturated heterocycles. The van der Waals surface area contributed by atoms with Crippen LogP contribution in [0.5, 0.6) is 0 Å². The van der Waals surface area contributed by atoms with Crippen molar-refractivity contribution in [3.05, 3.63) is 45.8 Å². The van der Waals surface area contributed by atoms with Crippen molar-refractivity contribution < 1.29 is 4.98 Å². The van der Waals surface area contributed by atoms with Crippen molar-refractivity contribution in [2.45, 2.75) is 44.9 Å². The Labute approximate surface area is 140 Å². The Morgan fingerprint density at radius 1 is 0.913 bits per heavy atom. The van der Waals surface area contributed by atoms with Gasteiger partial charge in [0.15, 0.2) is 0 Å². The third-order valence-electron chi connectivity index (χ3n) is 5.49. The molecule has 1 aromatic carbocycles. The third-order valence-corrected chi connectivity index (χ3v) is 6.69. The number of hydrogen-bond acceptors (Lipinski definition) is 2. The Morgan fingerprint density at radius 3 is 2.74 bits per heavy atom. The first kappa shape index (κ1) is 13.6. The van der Waals surface area contributed by atoms with Crippen molar-refractivity contribution in [1.82, 2.24) is 0 Å². The fraction of sp³-hybridized carbons (Fsp3) is 0.350. The standard InChI is InChI=1S/C20H20N2S/c21-18-15-11-10-12-6-4-5-7-13(12)19(15)22-20-17(18)14-8-2-1-3-9-16(14)23-20/h4-7H,1-3,8-11H2,(H2,21,22)/p+1. The maximum absolute atomic E-state index is 6.70. The summed E-state index contributed by atoms with van der Waals surface area (Å²) in [5, 5.41) is 1.34. The van der Waals surface area contributed by atoms with E-state index >= 15 is 0 Å². The molecule has 2 aromatic heterocycles. The van der Waals surface area contributed by atoms with E-state index in [0.717, 1.165) is 18.5 Å². The Bertz CT molecular complexity index is 923. The molecule has 3 N–H and O–H groups in total. The second-order valence-electron chi connectivity index (χ2n) is 6.82. The maximum atomic E-state index is 6.70. The Hall–Kier alpha value is -1.87. The molecule has 0 fully saturated rings. The average Bonchev–Trinajstić information content (AvgIpc) is 2.77. The summed E-state index contributed by atoms with van der Waals surface area (Å²) in [4.78, 5) is 6.61. The summed E-state index contributed by atoms with van der Waals surface area (Å²) < 4.78 is 0. The number of H-pyrrole nitrogens is 1. The van der Waals surface area contributed by atoms with Crippen LogP contribution in [0.1, 0.15) is 40.8 Å². The third kappa shape index (κ3) is 1.96. The molecule has 0 aliphatic heterocycles. The maximum Gasteiger partial charge on any atom is 0.270 e. The number of nitrogens with one attached hydrogen (secondary N) is 1. The number of aromatic nitrogens is 1. The first-order valence-corrected chi connectivity index (χ1v) is 9.50. The van der Waals surface area contributed by atoms with Gasteiger partial charge in [-0.25, -0.2) is 0 Å². The minimum absolute atomic E-state index is 1.04. The number of rotatable bonds is 0. The smallest absolute Gasteiger partial charge is 0.270 e. The molecule has 2 nitrogen and oxygen atoms in total. The predicted octanol–water partition coefficient (Wildman–Crippen LogP) is 4.33. The van der Waals surface area contributed by atoms with Crippen molar-refractivity contribution in [3.63, 3.8) is 0 Å². The number of anilines is 1. The van der Waals surface area contributed by atoms with Crippen LogP contribution in [0.2, 0.25) is 0 Å². The number of benzene rings is 1. The Balaban J connectivity index is 1.81. The number of aryl methyl sites for hydroxylation is 3. The SMILES string of the molecule is Nc1c2c([nH+]c3sc4c(c13)CCCCC4)-c1ccccc1CC2. The minimum atomic E-state index is 1.04. The van der Waals surface area contributed by atoms with Crippen molar-refractivity contribution >= 4 is 27.2 Å². The molecule has 2 heterocycles. The van der Waals surface area contributed by atoms with Gasteiger partial charge in [0.1, 0.15) is 0 Å². The van der Waals surface area contributed by atoms with Crippen LogP contribution >= 0.6 is 11.3 Å². The molecule has 3 heteroatoms. The van der Waals surface area contributed by atoms with Crippen molar-refractivity contribution in [1.29, 1.82) is 0 Å². The second kappa shape index (κ2) is 5.07. The average molecular weight is 321 g/mol. The van der Waals surface area contributed by atoms with E-state index in [0.29, 0.717) is 0 Å². The summed E-state index contributed by atoms with van der Waals surface area (Å²) in [6, 6.07) is 8.74. The van der Waals surface area contributed by atoms with Crippen molar-refractivity contribution in [2.24, 2.45) is 0 Å². The van der Waals surface area contributed by atoms with Crippen molar-refractivity contribution in [2.75, 3.05) is 5.73 Å². The number of thiophene rings is 1. The molecule has 0 unspecified atom stereocenters. The number of nitrogens with two attached hydrogens (primary N) is 1. The lowest BCUT2D eigenvalue weighted by Crippen LogP contribution is -2.18. The molecule has 5 rings (SSSR count). The molecule has 0 amide bonds. The van der Waals surface area contributed by atoms with Gasteiger partial charge in [-0.05, 0) is 55.7 Å². The van der Waals surface area contributed by atoms with Gasteiger partial charge in [0.25, 0.3) is 4.83 Å². The lowest BCUT2D eigenvalue weighted by Gasteiger charge is -2.17. The molecule has 3 aromatic rings. The molecule has 2 aliphatic rings. The molecule has 0 atom stereocenters.